The van der Waals surface area contributed by atoms with Crippen molar-refractivity contribution in [1.29, 1.82) is 0 Å². The molecule has 0 unspecified atom stereocenters. The van der Waals surface area contributed by atoms with Crippen LogP contribution in [0, 0.1) is 0 Å². The maximum absolute atomic E-state index is 12.9. The first-order valence-corrected chi connectivity index (χ1v) is 8.48. The van der Waals surface area contributed by atoms with Gasteiger partial charge in [-0.2, -0.15) is 0 Å². The molecule has 0 saturated heterocycles. The molecule has 1 amide bonds. The van der Waals surface area contributed by atoms with Gasteiger partial charge in [0.15, 0.2) is 11.5 Å². The number of phenolic OH excluding ortho intramolecular Hbond substituents is 2. The third-order valence-electron chi connectivity index (χ3n) is 4.18. The summed E-state index contributed by atoms with van der Waals surface area (Å²) in [4.78, 5) is 14.7. The van der Waals surface area contributed by atoms with Gasteiger partial charge in [0.25, 0.3) is 0 Å². The minimum Gasteiger partial charge on any atom is -0.504 e. The molecule has 0 fully saturated rings. The molecule has 0 heterocycles. The summed E-state index contributed by atoms with van der Waals surface area (Å²) in [6, 6.07) is 24.2. The Balaban J connectivity index is 1.78. The van der Waals surface area contributed by atoms with Crippen LogP contribution < -0.4 is 0 Å². The molecule has 3 rings (SSSR count). The lowest BCUT2D eigenvalue weighted by molar-refractivity contribution is -0.131. The lowest BCUT2D eigenvalue weighted by Crippen LogP contribution is -2.31. The van der Waals surface area contributed by atoms with E-state index in [-0.39, 0.29) is 23.8 Å². The van der Waals surface area contributed by atoms with E-state index in [0.717, 1.165) is 11.1 Å². The third-order valence-corrected chi connectivity index (χ3v) is 4.18. The fourth-order valence-electron chi connectivity index (χ4n) is 2.81. The predicted molar refractivity (Wildman–Crippen MR) is 101 cm³/mol. The number of hydrogen-bond donors (Lipinski definition) is 2. The molecular weight excluding hydrogens is 326 g/mol. The maximum Gasteiger partial charge on any atom is 0.227 e. The van der Waals surface area contributed by atoms with Crippen molar-refractivity contribution in [1.82, 2.24) is 4.90 Å². The van der Waals surface area contributed by atoms with E-state index in [9.17, 15) is 15.0 Å². The number of phenols is 2. The lowest BCUT2D eigenvalue weighted by Gasteiger charge is -2.23. The van der Waals surface area contributed by atoms with Crippen LogP contribution in [0.3, 0.4) is 0 Å². The Bertz CT molecular complexity index is 822. The van der Waals surface area contributed by atoms with E-state index in [1.165, 1.54) is 12.1 Å². The summed E-state index contributed by atoms with van der Waals surface area (Å²) in [6.07, 6.45) is 0.160. The van der Waals surface area contributed by atoms with Crippen molar-refractivity contribution in [3.8, 4) is 11.5 Å². The molecule has 132 valence electrons. The first-order valence-electron chi connectivity index (χ1n) is 8.48. The lowest BCUT2D eigenvalue weighted by atomic mass is 10.1. The van der Waals surface area contributed by atoms with E-state index >= 15 is 0 Å². The Morgan fingerprint density at radius 2 is 1.23 bits per heavy atom. The van der Waals surface area contributed by atoms with Gasteiger partial charge in [0.2, 0.25) is 5.91 Å². The molecule has 0 aliphatic rings. The Labute approximate surface area is 153 Å². The first-order chi connectivity index (χ1) is 12.6. The van der Waals surface area contributed by atoms with Gasteiger partial charge >= 0.3 is 0 Å². The molecule has 3 aromatic rings. The molecule has 26 heavy (non-hydrogen) atoms. The molecule has 0 atom stereocenters. The van der Waals surface area contributed by atoms with Crippen molar-refractivity contribution < 1.29 is 15.0 Å². The molecule has 0 bridgehead atoms. The molecule has 0 spiro atoms. The van der Waals surface area contributed by atoms with Gasteiger partial charge < -0.3 is 15.1 Å². The van der Waals surface area contributed by atoms with Gasteiger partial charge in [0.1, 0.15) is 0 Å². The molecule has 0 radical (unpaired) electrons. The number of carbonyl (C=O) groups excluding carboxylic acids is 1. The zero-order valence-electron chi connectivity index (χ0n) is 14.4. The second-order valence-corrected chi connectivity index (χ2v) is 6.22. The quantitative estimate of drug-likeness (QED) is 0.666. The van der Waals surface area contributed by atoms with Crippen LogP contribution in [0.25, 0.3) is 0 Å². The summed E-state index contributed by atoms with van der Waals surface area (Å²) in [5.74, 6) is -0.442. The molecule has 0 aliphatic heterocycles. The normalized spacial score (nSPS) is 10.5. The van der Waals surface area contributed by atoms with Gasteiger partial charge in [-0.05, 0) is 28.8 Å². The SMILES string of the molecule is O=C(Cc1ccc(O)c(O)c1)N(Cc1ccccc1)Cc1ccccc1. The fourth-order valence-corrected chi connectivity index (χ4v) is 2.81. The highest BCUT2D eigenvalue weighted by Crippen LogP contribution is 2.25. The van der Waals surface area contributed by atoms with Crippen molar-refractivity contribution in [2.24, 2.45) is 0 Å². The Kier molecular flexibility index (Phi) is 5.54. The summed E-state index contributed by atoms with van der Waals surface area (Å²) < 4.78 is 0. The van der Waals surface area contributed by atoms with Crippen molar-refractivity contribution >= 4 is 5.91 Å². The van der Waals surface area contributed by atoms with Crippen molar-refractivity contribution in [2.75, 3.05) is 0 Å². The summed E-state index contributed by atoms with van der Waals surface area (Å²) in [5, 5.41) is 19.1. The monoisotopic (exact) mass is 347 g/mol. The minimum absolute atomic E-state index is 0.0391. The van der Waals surface area contributed by atoms with E-state index in [2.05, 4.69) is 0 Å². The van der Waals surface area contributed by atoms with E-state index in [1.807, 2.05) is 60.7 Å². The number of aromatic hydroxyl groups is 2. The van der Waals surface area contributed by atoms with Crippen LogP contribution in [0.4, 0.5) is 0 Å². The highest BCUT2D eigenvalue weighted by molar-refractivity contribution is 5.79. The Hall–Kier alpha value is -3.27. The summed E-state index contributed by atoms with van der Waals surface area (Å²) in [7, 11) is 0. The number of nitrogens with zero attached hydrogens (tertiary/aromatic N) is 1. The zero-order chi connectivity index (χ0) is 18.4. The fraction of sp³-hybridized carbons (Fsp3) is 0.136. The maximum atomic E-state index is 12.9. The highest BCUT2D eigenvalue weighted by atomic mass is 16.3. The number of hydrogen-bond acceptors (Lipinski definition) is 3. The van der Waals surface area contributed by atoms with Crippen LogP contribution >= 0.6 is 0 Å². The highest BCUT2D eigenvalue weighted by Gasteiger charge is 2.16. The van der Waals surface area contributed by atoms with Gasteiger partial charge in [0, 0.05) is 13.1 Å². The van der Waals surface area contributed by atoms with Crippen molar-refractivity contribution in [3.05, 3.63) is 95.6 Å². The largest absolute Gasteiger partial charge is 0.504 e. The van der Waals surface area contributed by atoms with E-state index < -0.39 is 0 Å². The summed E-state index contributed by atoms with van der Waals surface area (Å²) >= 11 is 0. The average Bonchev–Trinajstić information content (AvgIpc) is 2.66. The number of rotatable bonds is 6. The van der Waals surface area contributed by atoms with E-state index in [0.29, 0.717) is 18.7 Å². The van der Waals surface area contributed by atoms with Gasteiger partial charge in [-0.15, -0.1) is 0 Å². The molecule has 2 N–H and O–H groups in total. The average molecular weight is 347 g/mol. The minimum atomic E-state index is -0.215. The van der Waals surface area contributed by atoms with Crippen LogP contribution in [-0.4, -0.2) is 21.0 Å². The third kappa shape index (κ3) is 4.63. The van der Waals surface area contributed by atoms with Crippen LogP contribution in [0.5, 0.6) is 11.5 Å². The van der Waals surface area contributed by atoms with Crippen LogP contribution in [0.1, 0.15) is 16.7 Å². The zero-order valence-corrected chi connectivity index (χ0v) is 14.4. The first kappa shape index (κ1) is 17.5. The molecule has 4 heteroatoms. The number of carbonyl (C=O) groups is 1. The van der Waals surface area contributed by atoms with Gasteiger partial charge in [-0.3, -0.25) is 4.79 Å². The van der Waals surface area contributed by atoms with Gasteiger partial charge in [-0.25, -0.2) is 0 Å². The molecule has 0 saturated carbocycles. The second-order valence-electron chi connectivity index (χ2n) is 6.22. The van der Waals surface area contributed by atoms with Crippen molar-refractivity contribution in [2.45, 2.75) is 19.5 Å². The smallest absolute Gasteiger partial charge is 0.227 e. The summed E-state index contributed by atoms with van der Waals surface area (Å²) in [6.45, 7) is 1.03. The Morgan fingerprint density at radius 3 is 1.73 bits per heavy atom. The van der Waals surface area contributed by atoms with E-state index in [4.69, 9.17) is 0 Å². The van der Waals surface area contributed by atoms with E-state index in [1.54, 1.807) is 11.0 Å². The van der Waals surface area contributed by atoms with Crippen LogP contribution in [-0.2, 0) is 24.3 Å². The van der Waals surface area contributed by atoms with Crippen molar-refractivity contribution in [3.63, 3.8) is 0 Å². The second kappa shape index (κ2) is 8.21. The standard InChI is InChI=1S/C22H21NO3/c24-20-12-11-19(13-21(20)25)14-22(26)23(15-17-7-3-1-4-8-17)16-18-9-5-2-6-10-18/h1-13,24-25H,14-16H2. The topological polar surface area (TPSA) is 60.8 Å². The van der Waals surface area contributed by atoms with Gasteiger partial charge in [0.05, 0.1) is 6.42 Å². The number of amides is 1. The summed E-state index contributed by atoms with van der Waals surface area (Å²) in [5.41, 5.74) is 2.78. The molecule has 0 aromatic heterocycles. The molecular formula is C22H21NO3. The van der Waals surface area contributed by atoms with Crippen LogP contribution in [0.15, 0.2) is 78.9 Å². The molecule has 0 aliphatic carbocycles. The Morgan fingerprint density at radius 1 is 0.692 bits per heavy atom. The van der Waals surface area contributed by atoms with Gasteiger partial charge in [-0.1, -0.05) is 66.7 Å². The van der Waals surface area contributed by atoms with Crippen LogP contribution in [0.2, 0.25) is 0 Å². The predicted octanol–water partition coefficient (Wildman–Crippen LogP) is 3.87. The molecule has 4 nitrogen and oxygen atoms in total. The number of benzene rings is 3. The molecule has 3 aromatic carbocycles.